The number of benzene rings is 2. The molecule has 0 aliphatic carbocycles. The summed E-state index contributed by atoms with van der Waals surface area (Å²) in [6, 6.07) is 14.2. The predicted octanol–water partition coefficient (Wildman–Crippen LogP) is 4.84. The molecule has 0 aromatic heterocycles. The Balaban J connectivity index is 2.09. The Bertz CT molecular complexity index is 585. The minimum absolute atomic E-state index is 0.760. The van der Waals surface area contributed by atoms with Gasteiger partial charge in [-0.25, -0.2) is 0 Å². The molecule has 0 amide bonds. The minimum atomic E-state index is 0.760. The predicted molar refractivity (Wildman–Crippen MR) is 85.4 cm³/mol. The minimum Gasteiger partial charge on any atom is -0.494 e. The van der Waals surface area contributed by atoms with Gasteiger partial charge in [0.15, 0.2) is 0 Å². The average molecular weight is 267 g/mol. The van der Waals surface area contributed by atoms with Gasteiger partial charge in [-0.1, -0.05) is 19.1 Å². The molecule has 0 N–H and O–H groups in total. The van der Waals surface area contributed by atoms with Crippen LogP contribution in [0.3, 0.4) is 0 Å². The lowest BCUT2D eigenvalue weighted by molar-refractivity contribution is 0.317. The van der Waals surface area contributed by atoms with Crippen LogP contribution in [0.1, 0.15) is 30.0 Å². The molecule has 0 bridgehead atoms. The van der Waals surface area contributed by atoms with Crippen LogP contribution in [-0.4, -0.2) is 12.8 Å². The Morgan fingerprint density at radius 2 is 1.80 bits per heavy atom. The van der Waals surface area contributed by atoms with Crippen LogP contribution in [0, 0.1) is 13.8 Å². The van der Waals surface area contributed by atoms with E-state index in [1.165, 1.54) is 11.1 Å². The fourth-order valence-electron chi connectivity index (χ4n) is 1.89. The summed E-state index contributed by atoms with van der Waals surface area (Å²) >= 11 is 0. The van der Waals surface area contributed by atoms with E-state index in [4.69, 9.17) is 4.74 Å². The highest BCUT2D eigenvalue weighted by Gasteiger charge is 1.98. The van der Waals surface area contributed by atoms with Gasteiger partial charge in [0.2, 0.25) is 0 Å². The fourth-order valence-corrected chi connectivity index (χ4v) is 1.89. The Morgan fingerprint density at radius 1 is 1.05 bits per heavy atom. The van der Waals surface area contributed by atoms with Gasteiger partial charge in [0.1, 0.15) is 5.75 Å². The maximum atomic E-state index is 5.56. The summed E-state index contributed by atoms with van der Waals surface area (Å²) < 4.78 is 5.56. The Labute approximate surface area is 121 Å². The topological polar surface area (TPSA) is 21.6 Å². The van der Waals surface area contributed by atoms with E-state index >= 15 is 0 Å². The zero-order valence-corrected chi connectivity index (χ0v) is 12.4. The van der Waals surface area contributed by atoms with Gasteiger partial charge in [-0.2, -0.15) is 0 Å². The van der Waals surface area contributed by atoms with E-state index in [9.17, 15) is 0 Å². The quantitative estimate of drug-likeness (QED) is 0.710. The molecule has 0 spiro atoms. The summed E-state index contributed by atoms with van der Waals surface area (Å²) in [5.41, 5.74) is 4.60. The molecule has 0 radical (unpaired) electrons. The lowest BCUT2D eigenvalue weighted by Gasteiger charge is -2.05. The van der Waals surface area contributed by atoms with E-state index in [-0.39, 0.29) is 0 Å². The monoisotopic (exact) mass is 267 g/mol. The maximum absolute atomic E-state index is 5.56. The molecule has 0 unspecified atom stereocenters. The van der Waals surface area contributed by atoms with Crippen molar-refractivity contribution in [3.05, 3.63) is 59.2 Å². The Kier molecular flexibility index (Phi) is 4.94. The molecule has 0 aliphatic heterocycles. The summed E-state index contributed by atoms with van der Waals surface area (Å²) in [5, 5.41) is 0. The summed E-state index contributed by atoms with van der Waals surface area (Å²) in [4.78, 5) is 4.56. The number of rotatable bonds is 5. The Hall–Kier alpha value is -2.09. The second-order valence-corrected chi connectivity index (χ2v) is 4.89. The summed E-state index contributed by atoms with van der Waals surface area (Å²) in [6.45, 7) is 7.07. The van der Waals surface area contributed by atoms with Gasteiger partial charge >= 0.3 is 0 Å². The normalized spacial score (nSPS) is 10.9. The molecule has 0 saturated heterocycles. The maximum Gasteiger partial charge on any atom is 0.119 e. The molecule has 0 saturated carbocycles. The second-order valence-electron chi connectivity index (χ2n) is 4.89. The highest BCUT2D eigenvalue weighted by atomic mass is 16.5. The summed E-state index contributed by atoms with van der Waals surface area (Å²) in [6.07, 6.45) is 2.92. The van der Waals surface area contributed by atoms with Crippen LogP contribution < -0.4 is 4.74 Å². The van der Waals surface area contributed by atoms with Crippen molar-refractivity contribution in [2.75, 3.05) is 6.61 Å². The standard InChI is InChI=1S/C18H21NO/c1-4-12-20-17-10-8-16(9-11-17)13-19-18-7-5-6-14(2)15(18)3/h5-11,13H,4,12H2,1-3H3. The molecule has 20 heavy (non-hydrogen) atoms. The number of hydrogen-bond donors (Lipinski definition) is 0. The van der Waals surface area contributed by atoms with Crippen molar-refractivity contribution in [1.82, 2.24) is 0 Å². The van der Waals surface area contributed by atoms with Crippen molar-refractivity contribution < 1.29 is 4.74 Å². The van der Waals surface area contributed by atoms with E-state index < -0.39 is 0 Å². The molecular formula is C18H21NO. The third-order valence-electron chi connectivity index (χ3n) is 3.28. The van der Waals surface area contributed by atoms with Crippen LogP contribution in [0.5, 0.6) is 5.75 Å². The van der Waals surface area contributed by atoms with Crippen molar-refractivity contribution in [1.29, 1.82) is 0 Å². The van der Waals surface area contributed by atoms with Crippen LogP contribution in [0.2, 0.25) is 0 Å². The van der Waals surface area contributed by atoms with Gasteiger partial charge in [0.05, 0.1) is 12.3 Å². The van der Waals surface area contributed by atoms with E-state index in [2.05, 4.69) is 31.8 Å². The molecule has 0 aliphatic rings. The van der Waals surface area contributed by atoms with E-state index in [1.807, 2.05) is 42.6 Å². The fraction of sp³-hybridized carbons (Fsp3) is 0.278. The van der Waals surface area contributed by atoms with Crippen molar-refractivity contribution >= 4 is 11.9 Å². The van der Waals surface area contributed by atoms with Gasteiger partial charge in [-0.05, 0) is 67.3 Å². The molecular weight excluding hydrogens is 246 g/mol. The third kappa shape index (κ3) is 3.70. The largest absolute Gasteiger partial charge is 0.494 e. The Morgan fingerprint density at radius 3 is 2.50 bits per heavy atom. The number of hydrogen-bond acceptors (Lipinski definition) is 2. The first-order valence-electron chi connectivity index (χ1n) is 7.04. The molecule has 2 rings (SSSR count). The van der Waals surface area contributed by atoms with Crippen LogP contribution >= 0.6 is 0 Å². The molecule has 104 valence electrons. The first kappa shape index (κ1) is 14.3. The van der Waals surface area contributed by atoms with E-state index in [1.54, 1.807) is 0 Å². The van der Waals surface area contributed by atoms with Crippen LogP contribution in [0.25, 0.3) is 0 Å². The smallest absolute Gasteiger partial charge is 0.119 e. The van der Waals surface area contributed by atoms with Crippen LogP contribution in [0.15, 0.2) is 47.5 Å². The molecule has 0 atom stereocenters. The first-order valence-corrected chi connectivity index (χ1v) is 7.04. The van der Waals surface area contributed by atoms with Crippen molar-refractivity contribution in [3.8, 4) is 5.75 Å². The number of aryl methyl sites for hydroxylation is 1. The molecule has 0 fully saturated rings. The number of nitrogens with zero attached hydrogens (tertiary/aromatic N) is 1. The van der Waals surface area contributed by atoms with Gasteiger partial charge in [-0.3, -0.25) is 4.99 Å². The lowest BCUT2D eigenvalue weighted by atomic mass is 10.1. The SMILES string of the molecule is CCCOc1ccc(C=Nc2cccc(C)c2C)cc1. The molecule has 2 aromatic carbocycles. The molecule has 2 heteroatoms. The third-order valence-corrected chi connectivity index (χ3v) is 3.28. The summed E-state index contributed by atoms with van der Waals surface area (Å²) in [7, 11) is 0. The van der Waals surface area contributed by atoms with Gasteiger partial charge in [-0.15, -0.1) is 0 Å². The van der Waals surface area contributed by atoms with Crippen molar-refractivity contribution in [2.24, 2.45) is 4.99 Å². The number of ether oxygens (including phenoxy) is 1. The molecule has 2 nitrogen and oxygen atoms in total. The first-order chi connectivity index (χ1) is 9.70. The lowest BCUT2D eigenvalue weighted by Crippen LogP contribution is -1.94. The summed E-state index contributed by atoms with van der Waals surface area (Å²) in [5.74, 6) is 0.913. The van der Waals surface area contributed by atoms with Gasteiger partial charge in [0, 0.05) is 6.21 Å². The van der Waals surface area contributed by atoms with Gasteiger partial charge < -0.3 is 4.74 Å². The molecule has 2 aromatic rings. The van der Waals surface area contributed by atoms with Crippen LogP contribution in [-0.2, 0) is 0 Å². The van der Waals surface area contributed by atoms with Crippen molar-refractivity contribution in [3.63, 3.8) is 0 Å². The highest BCUT2D eigenvalue weighted by Crippen LogP contribution is 2.21. The molecule has 0 heterocycles. The van der Waals surface area contributed by atoms with Gasteiger partial charge in [0.25, 0.3) is 0 Å². The van der Waals surface area contributed by atoms with E-state index in [0.29, 0.717) is 0 Å². The second kappa shape index (κ2) is 6.90. The van der Waals surface area contributed by atoms with Crippen LogP contribution in [0.4, 0.5) is 5.69 Å². The number of aliphatic imine (C=N–C) groups is 1. The zero-order chi connectivity index (χ0) is 14.4. The average Bonchev–Trinajstić information content (AvgIpc) is 2.48. The van der Waals surface area contributed by atoms with Crippen molar-refractivity contribution in [2.45, 2.75) is 27.2 Å². The zero-order valence-electron chi connectivity index (χ0n) is 12.4. The van der Waals surface area contributed by atoms with E-state index in [0.717, 1.165) is 30.0 Å². The highest BCUT2D eigenvalue weighted by molar-refractivity contribution is 5.82.